The number of carbonyl (C=O) groups excluding carboxylic acids is 1. The average molecular weight is 226 g/mol. The molecule has 1 aromatic rings. The quantitative estimate of drug-likeness (QED) is 0.745. The third kappa shape index (κ3) is 5.39. The number of hydrogen-bond acceptors (Lipinski definition) is 3. The molecule has 0 aliphatic carbocycles. The van der Waals surface area contributed by atoms with E-state index in [-0.39, 0.29) is 5.75 Å². The number of benzene rings is 1. The monoisotopic (exact) mass is 226 g/mol. The van der Waals surface area contributed by atoms with Crippen LogP contribution in [0.25, 0.3) is 0 Å². The Kier molecular flexibility index (Phi) is 10.6. The number of methoxy groups -OCH3 is 1. The number of hydrogen-bond donors (Lipinski definition) is 1. The molecule has 0 saturated heterocycles. The topological polar surface area (TPSA) is 46.5 Å². The van der Waals surface area contributed by atoms with Crippen LogP contribution < -0.4 is 0 Å². The minimum atomic E-state index is -0.391. The van der Waals surface area contributed by atoms with E-state index in [1.807, 2.05) is 27.7 Å². The van der Waals surface area contributed by atoms with Gasteiger partial charge in [-0.15, -0.1) is 0 Å². The lowest BCUT2D eigenvalue weighted by Crippen LogP contribution is -2.00. The van der Waals surface area contributed by atoms with Crippen molar-refractivity contribution in [3.63, 3.8) is 0 Å². The van der Waals surface area contributed by atoms with Gasteiger partial charge in [-0.25, -0.2) is 4.79 Å². The molecule has 92 valence electrons. The predicted octanol–water partition coefficient (Wildman–Crippen LogP) is 3.54. The van der Waals surface area contributed by atoms with Crippen LogP contribution in [0.1, 0.15) is 43.6 Å². The van der Waals surface area contributed by atoms with Gasteiger partial charge in [0.15, 0.2) is 0 Å². The van der Waals surface area contributed by atoms with Crippen molar-refractivity contribution in [2.75, 3.05) is 7.11 Å². The summed E-state index contributed by atoms with van der Waals surface area (Å²) in [6.07, 6.45) is 0. The highest BCUT2D eigenvalue weighted by Crippen LogP contribution is 2.17. The van der Waals surface area contributed by atoms with Gasteiger partial charge in [0, 0.05) is 0 Å². The molecule has 0 amide bonds. The van der Waals surface area contributed by atoms with Gasteiger partial charge in [-0.1, -0.05) is 27.7 Å². The second kappa shape index (κ2) is 10.0. The first-order valence-electron chi connectivity index (χ1n) is 5.53. The third-order valence-corrected chi connectivity index (χ3v) is 1.62. The smallest absolute Gasteiger partial charge is 0.337 e. The lowest BCUT2D eigenvalue weighted by atomic mass is 10.1. The highest BCUT2D eigenvalue weighted by atomic mass is 16.5. The number of phenolic OH excluding ortho intramolecular Hbond substituents is 1. The van der Waals surface area contributed by atoms with Crippen LogP contribution in [0.2, 0.25) is 0 Å². The molecule has 0 aromatic heterocycles. The molecule has 1 rings (SSSR count). The predicted molar refractivity (Wildman–Crippen MR) is 66.9 cm³/mol. The molecule has 1 aromatic carbocycles. The van der Waals surface area contributed by atoms with Crippen LogP contribution >= 0.6 is 0 Å². The summed E-state index contributed by atoms with van der Waals surface area (Å²) >= 11 is 0. The van der Waals surface area contributed by atoms with Crippen molar-refractivity contribution in [3.8, 4) is 5.75 Å². The Balaban J connectivity index is 0. The van der Waals surface area contributed by atoms with E-state index in [0.29, 0.717) is 11.1 Å². The SMILES string of the molecule is CC.CC.COC(=O)c1ccc(O)c(C)c1. The van der Waals surface area contributed by atoms with Gasteiger partial charge in [0.05, 0.1) is 12.7 Å². The van der Waals surface area contributed by atoms with E-state index >= 15 is 0 Å². The summed E-state index contributed by atoms with van der Waals surface area (Å²) in [5.41, 5.74) is 1.12. The van der Waals surface area contributed by atoms with Gasteiger partial charge < -0.3 is 9.84 Å². The highest BCUT2D eigenvalue weighted by molar-refractivity contribution is 5.89. The molecule has 1 N–H and O–H groups in total. The van der Waals surface area contributed by atoms with Crippen molar-refractivity contribution in [1.29, 1.82) is 0 Å². The molecule has 0 unspecified atom stereocenters. The maximum atomic E-state index is 11.0. The van der Waals surface area contributed by atoms with E-state index < -0.39 is 5.97 Å². The minimum Gasteiger partial charge on any atom is -0.508 e. The molecule has 3 nitrogen and oxygen atoms in total. The normalized spacial score (nSPS) is 7.88. The fourth-order valence-corrected chi connectivity index (χ4v) is 0.900. The molecule has 0 fully saturated rings. The van der Waals surface area contributed by atoms with Crippen LogP contribution in [0.15, 0.2) is 18.2 Å². The van der Waals surface area contributed by atoms with Gasteiger partial charge in [0.1, 0.15) is 5.75 Å². The molecule has 0 spiro atoms. The lowest BCUT2D eigenvalue weighted by molar-refractivity contribution is 0.0600. The minimum absolute atomic E-state index is 0.183. The number of phenols is 1. The van der Waals surface area contributed by atoms with E-state index in [4.69, 9.17) is 5.11 Å². The summed E-state index contributed by atoms with van der Waals surface area (Å²) < 4.78 is 4.51. The lowest BCUT2D eigenvalue weighted by Gasteiger charge is -2.01. The number of rotatable bonds is 1. The molecular weight excluding hydrogens is 204 g/mol. The Morgan fingerprint density at radius 1 is 1.19 bits per heavy atom. The van der Waals surface area contributed by atoms with Gasteiger partial charge in [-0.05, 0) is 30.7 Å². The number of esters is 1. The average Bonchev–Trinajstić information content (AvgIpc) is 2.36. The number of aryl methyl sites for hydroxylation is 1. The van der Waals surface area contributed by atoms with Crippen molar-refractivity contribution in [2.24, 2.45) is 0 Å². The summed E-state index contributed by atoms with van der Waals surface area (Å²) in [7, 11) is 1.32. The number of carbonyl (C=O) groups is 1. The maximum Gasteiger partial charge on any atom is 0.337 e. The standard InChI is InChI=1S/C9H10O3.2C2H6/c1-6-5-7(9(11)12-2)3-4-8(6)10;2*1-2/h3-5,10H,1-2H3;2*1-2H3. The Labute approximate surface area is 98.1 Å². The summed E-state index contributed by atoms with van der Waals surface area (Å²) in [5, 5.41) is 9.15. The zero-order valence-corrected chi connectivity index (χ0v) is 11.0. The van der Waals surface area contributed by atoms with E-state index in [2.05, 4.69) is 4.74 Å². The van der Waals surface area contributed by atoms with E-state index in [1.165, 1.54) is 19.2 Å². The van der Waals surface area contributed by atoms with Gasteiger partial charge >= 0.3 is 5.97 Å². The highest BCUT2D eigenvalue weighted by Gasteiger charge is 2.05. The van der Waals surface area contributed by atoms with Crippen LogP contribution in [0.4, 0.5) is 0 Å². The van der Waals surface area contributed by atoms with Gasteiger partial charge in [-0.3, -0.25) is 0 Å². The molecule has 0 saturated carbocycles. The van der Waals surface area contributed by atoms with Crippen LogP contribution in [0.3, 0.4) is 0 Å². The van der Waals surface area contributed by atoms with Crippen LogP contribution in [0.5, 0.6) is 5.75 Å². The largest absolute Gasteiger partial charge is 0.508 e. The van der Waals surface area contributed by atoms with Gasteiger partial charge in [-0.2, -0.15) is 0 Å². The first-order valence-corrected chi connectivity index (χ1v) is 5.53. The molecule has 0 aliphatic rings. The van der Waals surface area contributed by atoms with Crippen molar-refractivity contribution in [2.45, 2.75) is 34.6 Å². The molecule has 3 heteroatoms. The second-order valence-corrected chi connectivity index (χ2v) is 2.49. The number of aromatic hydroxyl groups is 1. The molecule has 0 radical (unpaired) electrons. The molecule has 0 heterocycles. The van der Waals surface area contributed by atoms with Crippen molar-refractivity contribution >= 4 is 5.97 Å². The van der Waals surface area contributed by atoms with Crippen molar-refractivity contribution < 1.29 is 14.6 Å². The summed E-state index contributed by atoms with van der Waals surface area (Å²) in [4.78, 5) is 11.0. The Hall–Kier alpha value is -1.51. The molecular formula is C13H22O3. The number of ether oxygens (including phenoxy) is 1. The van der Waals surface area contributed by atoms with Crippen molar-refractivity contribution in [1.82, 2.24) is 0 Å². The molecule has 16 heavy (non-hydrogen) atoms. The summed E-state index contributed by atoms with van der Waals surface area (Å²) in [6.45, 7) is 9.72. The second-order valence-electron chi connectivity index (χ2n) is 2.49. The van der Waals surface area contributed by atoms with E-state index in [9.17, 15) is 4.79 Å². The fourth-order valence-electron chi connectivity index (χ4n) is 0.900. The van der Waals surface area contributed by atoms with E-state index in [0.717, 1.165) is 0 Å². The Morgan fingerprint density at radius 2 is 1.69 bits per heavy atom. The first-order chi connectivity index (χ1) is 7.65. The maximum absolute atomic E-state index is 11.0. The summed E-state index contributed by atoms with van der Waals surface area (Å²) in [5.74, 6) is -0.208. The fraction of sp³-hybridized carbons (Fsp3) is 0.462. The van der Waals surface area contributed by atoms with Gasteiger partial charge in [0.25, 0.3) is 0 Å². The first kappa shape index (κ1) is 16.9. The zero-order chi connectivity index (χ0) is 13.1. The zero-order valence-electron chi connectivity index (χ0n) is 11.0. The van der Waals surface area contributed by atoms with Crippen molar-refractivity contribution in [3.05, 3.63) is 29.3 Å². The Morgan fingerprint density at radius 3 is 2.06 bits per heavy atom. The molecule has 0 aliphatic heterocycles. The third-order valence-electron chi connectivity index (χ3n) is 1.62. The van der Waals surface area contributed by atoms with Gasteiger partial charge in [0.2, 0.25) is 0 Å². The van der Waals surface area contributed by atoms with Crippen LogP contribution in [-0.4, -0.2) is 18.2 Å². The van der Waals surface area contributed by atoms with Crippen LogP contribution in [0, 0.1) is 6.92 Å². The van der Waals surface area contributed by atoms with Crippen LogP contribution in [-0.2, 0) is 4.74 Å². The Bertz CT molecular complexity index is 306. The molecule has 0 bridgehead atoms. The van der Waals surface area contributed by atoms with E-state index in [1.54, 1.807) is 13.0 Å². The summed E-state index contributed by atoms with van der Waals surface area (Å²) in [6, 6.07) is 4.58. The molecule has 0 atom stereocenters.